The smallest absolute Gasteiger partial charge is 0.257 e. The molecule has 1 aromatic carbocycles. The Labute approximate surface area is 202 Å². The Hall–Kier alpha value is -4.18. The SMILES string of the molecule is CC(C)(C)c1ccc(C(=O)Nc2cc(C3=N/NCOC/C(Nc4ccncn4)=C\3)ccc2F)cn1. The van der Waals surface area contributed by atoms with Crippen LogP contribution in [-0.2, 0) is 10.2 Å². The van der Waals surface area contributed by atoms with Crippen molar-refractivity contribution in [3.63, 3.8) is 0 Å². The summed E-state index contributed by atoms with van der Waals surface area (Å²) in [7, 11) is 0. The molecular formula is C25H26FN7O2. The number of benzene rings is 1. The number of carbonyl (C=O) groups excluding carboxylic acids is 1. The van der Waals surface area contributed by atoms with E-state index in [0.29, 0.717) is 28.4 Å². The first-order chi connectivity index (χ1) is 16.8. The Morgan fingerprint density at radius 2 is 2.00 bits per heavy atom. The van der Waals surface area contributed by atoms with E-state index in [1.807, 2.05) is 20.8 Å². The van der Waals surface area contributed by atoms with Gasteiger partial charge in [0.1, 0.15) is 24.7 Å². The molecule has 3 N–H and O–H groups in total. The lowest BCUT2D eigenvalue weighted by molar-refractivity contribution is 0.102. The molecule has 0 bridgehead atoms. The van der Waals surface area contributed by atoms with Crippen molar-refractivity contribution in [2.24, 2.45) is 5.10 Å². The molecule has 0 atom stereocenters. The third kappa shape index (κ3) is 6.24. The van der Waals surface area contributed by atoms with E-state index in [1.54, 1.807) is 36.5 Å². The van der Waals surface area contributed by atoms with Gasteiger partial charge >= 0.3 is 0 Å². The number of carbonyl (C=O) groups is 1. The zero-order valence-electron chi connectivity index (χ0n) is 19.7. The van der Waals surface area contributed by atoms with Crippen molar-refractivity contribution < 1.29 is 13.9 Å². The summed E-state index contributed by atoms with van der Waals surface area (Å²) in [5.41, 5.74) is 5.73. The van der Waals surface area contributed by atoms with E-state index in [4.69, 9.17) is 4.74 Å². The van der Waals surface area contributed by atoms with Gasteiger partial charge < -0.3 is 15.4 Å². The third-order valence-corrected chi connectivity index (χ3v) is 5.11. The average molecular weight is 476 g/mol. The van der Waals surface area contributed by atoms with Gasteiger partial charge in [-0.1, -0.05) is 20.8 Å². The van der Waals surface area contributed by atoms with Gasteiger partial charge in [-0.15, -0.1) is 0 Å². The lowest BCUT2D eigenvalue weighted by Crippen LogP contribution is -2.22. The summed E-state index contributed by atoms with van der Waals surface area (Å²) in [5, 5.41) is 10.1. The summed E-state index contributed by atoms with van der Waals surface area (Å²) < 4.78 is 20.1. The van der Waals surface area contributed by atoms with Crippen LogP contribution in [0.3, 0.4) is 0 Å². The first kappa shape index (κ1) is 24.0. The number of amides is 1. The molecule has 9 nitrogen and oxygen atoms in total. The molecule has 0 saturated heterocycles. The number of nitrogens with one attached hydrogen (secondary N) is 3. The predicted octanol–water partition coefficient (Wildman–Crippen LogP) is 3.84. The Kier molecular flexibility index (Phi) is 7.11. The largest absolute Gasteiger partial charge is 0.354 e. The number of rotatable bonds is 5. The van der Waals surface area contributed by atoms with Crippen molar-refractivity contribution >= 4 is 23.1 Å². The molecule has 1 aliphatic heterocycles. The van der Waals surface area contributed by atoms with Crippen molar-refractivity contribution in [2.75, 3.05) is 24.0 Å². The Morgan fingerprint density at radius 1 is 1.14 bits per heavy atom. The molecule has 0 spiro atoms. The molecule has 3 aromatic rings. The summed E-state index contributed by atoms with van der Waals surface area (Å²) >= 11 is 0. The van der Waals surface area contributed by atoms with Gasteiger partial charge in [0.2, 0.25) is 0 Å². The lowest BCUT2D eigenvalue weighted by atomic mass is 9.91. The molecule has 0 unspecified atom stereocenters. The number of halogens is 1. The number of nitrogens with zero attached hydrogens (tertiary/aromatic N) is 4. The van der Waals surface area contributed by atoms with Gasteiger partial charge in [0, 0.05) is 34.8 Å². The van der Waals surface area contributed by atoms with Crippen LogP contribution in [0.2, 0.25) is 0 Å². The van der Waals surface area contributed by atoms with E-state index in [-0.39, 0.29) is 24.4 Å². The minimum absolute atomic E-state index is 0.0344. The first-order valence-corrected chi connectivity index (χ1v) is 11.0. The zero-order chi connectivity index (χ0) is 24.8. The number of pyridine rings is 1. The van der Waals surface area contributed by atoms with E-state index >= 15 is 0 Å². The first-order valence-electron chi connectivity index (χ1n) is 11.0. The highest BCUT2D eigenvalue weighted by molar-refractivity contribution is 6.10. The maximum absolute atomic E-state index is 14.6. The van der Waals surface area contributed by atoms with Crippen LogP contribution in [-0.4, -0.2) is 39.9 Å². The average Bonchev–Trinajstić information content (AvgIpc) is 2.82. The number of anilines is 2. The molecule has 3 heterocycles. The second-order valence-corrected chi connectivity index (χ2v) is 8.87. The van der Waals surface area contributed by atoms with Crippen LogP contribution in [0, 0.1) is 5.82 Å². The molecule has 1 amide bonds. The van der Waals surface area contributed by atoms with Crippen LogP contribution < -0.4 is 16.1 Å². The standard InChI is InChI=1S/C25H26FN7O2/c1-25(2,3)22-7-5-17(12-28-22)24(34)32-21-10-16(4-6-19(21)26)20-11-18(13-35-15-30-33-20)31-23-8-9-27-14-29-23/h4-12,14,30H,13,15H2,1-3H3,(H,32,34)(H,27,29,31)/b18-11+,33-20+. The number of ether oxygens (including phenoxy) is 1. The van der Waals surface area contributed by atoms with E-state index in [2.05, 4.69) is 36.1 Å². The Morgan fingerprint density at radius 3 is 2.71 bits per heavy atom. The van der Waals surface area contributed by atoms with Crippen LogP contribution in [0.15, 0.2) is 72.0 Å². The number of hydrogen-bond donors (Lipinski definition) is 3. The summed E-state index contributed by atoms with van der Waals surface area (Å²) in [6.07, 6.45) is 6.32. The zero-order valence-corrected chi connectivity index (χ0v) is 19.7. The second kappa shape index (κ2) is 10.4. The molecule has 2 aromatic heterocycles. The van der Waals surface area contributed by atoms with E-state index in [0.717, 1.165) is 5.69 Å². The van der Waals surface area contributed by atoms with Crippen molar-refractivity contribution in [3.8, 4) is 0 Å². The fourth-order valence-corrected chi connectivity index (χ4v) is 3.26. The summed E-state index contributed by atoms with van der Waals surface area (Å²) in [5.74, 6) is -0.421. The minimum atomic E-state index is -0.563. The monoisotopic (exact) mass is 475 g/mol. The van der Waals surface area contributed by atoms with Gasteiger partial charge in [-0.2, -0.15) is 5.10 Å². The summed E-state index contributed by atoms with van der Waals surface area (Å²) in [6, 6.07) is 9.62. The fraction of sp³-hybridized carbons (Fsp3) is 0.240. The fourth-order valence-electron chi connectivity index (χ4n) is 3.26. The molecule has 180 valence electrons. The summed E-state index contributed by atoms with van der Waals surface area (Å²) in [4.78, 5) is 25.2. The van der Waals surface area contributed by atoms with Crippen molar-refractivity contribution in [1.82, 2.24) is 20.4 Å². The van der Waals surface area contributed by atoms with E-state index < -0.39 is 11.7 Å². The number of hydrogen-bond acceptors (Lipinski definition) is 8. The molecule has 4 rings (SSSR count). The van der Waals surface area contributed by atoms with Crippen LogP contribution in [0.25, 0.3) is 0 Å². The second-order valence-electron chi connectivity index (χ2n) is 8.87. The van der Waals surface area contributed by atoms with Gasteiger partial charge in [-0.25, -0.2) is 14.4 Å². The van der Waals surface area contributed by atoms with Crippen LogP contribution in [0.1, 0.15) is 42.4 Å². The maximum Gasteiger partial charge on any atom is 0.257 e. The Bertz CT molecular complexity index is 1250. The van der Waals surface area contributed by atoms with Gasteiger partial charge in [0.25, 0.3) is 5.91 Å². The van der Waals surface area contributed by atoms with Gasteiger partial charge in [-0.05, 0) is 42.5 Å². The molecule has 0 radical (unpaired) electrons. The van der Waals surface area contributed by atoms with Crippen LogP contribution >= 0.6 is 0 Å². The van der Waals surface area contributed by atoms with Gasteiger partial charge in [-0.3, -0.25) is 15.2 Å². The van der Waals surface area contributed by atoms with Crippen molar-refractivity contribution in [2.45, 2.75) is 26.2 Å². The molecule has 0 aliphatic carbocycles. The minimum Gasteiger partial charge on any atom is -0.354 e. The lowest BCUT2D eigenvalue weighted by Gasteiger charge is -2.17. The quantitative estimate of drug-likeness (QED) is 0.514. The number of aromatic nitrogens is 3. The molecule has 0 saturated carbocycles. The highest BCUT2D eigenvalue weighted by atomic mass is 19.1. The molecule has 35 heavy (non-hydrogen) atoms. The van der Waals surface area contributed by atoms with Gasteiger partial charge in [0.15, 0.2) is 0 Å². The molecule has 10 heteroatoms. The van der Waals surface area contributed by atoms with E-state index in [1.165, 1.54) is 24.7 Å². The topological polar surface area (TPSA) is 113 Å². The van der Waals surface area contributed by atoms with Crippen molar-refractivity contribution in [1.29, 1.82) is 0 Å². The van der Waals surface area contributed by atoms with Gasteiger partial charge in [0.05, 0.1) is 23.6 Å². The third-order valence-electron chi connectivity index (χ3n) is 5.11. The number of hydrazone groups is 1. The maximum atomic E-state index is 14.6. The Balaban J connectivity index is 1.56. The normalized spacial score (nSPS) is 17.0. The predicted molar refractivity (Wildman–Crippen MR) is 132 cm³/mol. The van der Waals surface area contributed by atoms with E-state index in [9.17, 15) is 9.18 Å². The number of allylic oxidation sites excluding steroid dienone is 1. The summed E-state index contributed by atoms with van der Waals surface area (Å²) in [6.45, 7) is 6.58. The molecular weight excluding hydrogens is 449 g/mol. The molecule has 1 aliphatic rings. The van der Waals surface area contributed by atoms with Crippen molar-refractivity contribution in [3.05, 3.63) is 89.5 Å². The highest BCUT2D eigenvalue weighted by Crippen LogP contribution is 2.22. The molecule has 0 fully saturated rings. The highest BCUT2D eigenvalue weighted by Gasteiger charge is 2.17. The van der Waals surface area contributed by atoms with Crippen LogP contribution in [0.4, 0.5) is 15.9 Å². The van der Waals surface area contributed by atoms with Crippen LogP contribution in [0.5, 0.6) is 0 Å².